The Morgan fingerprint density at radius 3 is 2.53 bits per heavy atom. The van der Waals surface area contributed by atoms with E-state index in [1.54, 1.807) is 6.07 Å². The van der Waals surface area contributed by atoms with E-state index in [2.05, 4.69) is 10.3 Å². The monoisotopic (exact) mass is 435 g/mol. The first kappa shape index (κ1) is 23.2. The van der Waals surface area contributed by atoms with Crippen LogP contribution in [0.25, 0.3) is 0 Å². The van der Waals surface area contributed by atoms with E-state index in [1.165, 1.54) is 17.0 Å². The molecule has 0 spiro atoms. The molecule has 0 aromatic heterocycles. The summed E-state index contributed by atoms with van der Waals surface area (Å²) in [6.07, 6.45) is 1.22. The molecule has 7 nitrogen and oxygen atoms in total. The fourth-order valence-corrected chi connectivity index (χ4v) is 3.80. The number of carboxylic acids is 1. The third-order valence-electron chi connectivity index (χ3n) is 5.40. The van der Waals surface area contributed by atoms with Crippen molar-refractivity contribution in [1.29, 1.82) is 0 Å². The second-order valence-corrected chi connectivity index (χ2v) is 8.41. The summed E-state index contributed by atoms with van der Waals surface area (Å²) in [6.45, 7) is 6.08. The van der Waals surface area contributed by atoms with Gasteiger partial charge >= 0.3 is 5.97 Å². The first-order chi connectivity index (χ1) is 15.3. The molecule has 168 valence electrons. The minimum absolute atomic E-state index is 0.0566. The molecule has 0 bridgehead atoms. The Kier molecular flexibility index (Phi) is 7.41. The van der Waals surface area contributed by atoms with Gasteiger partial charge in [-0.1, -0.05) is 50.2 Å². The van der Waals surface area contributed by atoms with E-state index in [0.29, 0.717) is 36.3 Å². The average Bonchev–Trinajstić information content (AvgIpc) is 2.84. The van der Waals surface area contributed by atoms with Crippen LogP contribution in [-0.4, -0.2) is 47.7 Å². The standard InChI is InChI=1S/C25H29N3O4/c1-16(2)13-21-24(30)28(15-23(29)26-12-11-18-7-5-4-6-8-18)22-14-19(25(31)32)9-10-20(22)17(3)27-21/h4-10,14,16,21H,11-13,15H2,1-3H3,(H,26,29)(H,31,32)/t21-/m1/s1. The van der Waals surface area contributed by atoms with Gasteiger partial charge in [-0.15, -0.1) is 0 Å². The quantitative estimate of drug-likeness (QED) is 0.664. The van der Waals surface area contributed by atoms with Crippen LogP contribution in [0, 0.1) is 5.92 Å². The number of nitrogens with one attached hydrogen (secondary N) is 1. The number of amides is 2. The third kappa shape index (κ3) is 5.60. The van der Waals surface area contributed by atoms with Crippen LogP contribution in [-0.2, 0) is 16.0 Å². The average molecular weight is 436 g/mol. The summed E-state index contributed by atoms with van der Waals surface area (Å²) in [5.41, 5.74) is 2.88. The van der Waals surface area contributed by atoms with E-state index in [1.807, 2.05) is 51.1 Å². The number of aliphatic imine (C=N–C) groups is 1. The van der Waals surface area contributed by atoms with Gasteiger partial charge in [-0.3, -0.25) is 14.6 Å². The zero-order chi connectivity index (χ0) is 23.3. The minimum atomic E-state index is -1.09. The zero-order valence-electron chi connectivity index (χ0n) is 18.7. The molecule has 32 heavy (non-hydrogen) atoms. The van der Waals surface area contributed by atoms with Crippen LogP contribution in [0.15, 0.2) is 53.5 Å². The Bertz CT molecular complexity index is 1030. The second-order valence-electron chi connectivity index (χ2n) is 8.41. The van der Waals surface area contributed by atoms with Gasteiger partial charge in [-0.25, -0.2) is 4.79 Å². The van der Waals surface area contributed by atoms with Crippen molar-refractivity contribution in [2.24, 2.45) is 10.9 Å². The number of carbonyl (C=O) groups excluding carboxylic acids is 2. The molecule has 2 aromatic rings. The highest BCUT2D eigenvalue weighted by Gasteiger charge is 2.32. The molecular formula is C25H29N3O4. The number of hydrogen-bond acceptors (Lipinski definition) is 4. The van der Waals surface area contributed by atoms with E-state index in [4.69, 9.17) is 0 Å². The van der Waals surface area contributed by atoms with Gasteiger partial charge in [-0.05, 0) is 43.4 Å². The molecule has 2 N–H and O–H groups in total. The van der Waals surface area contributed by atoms with Crippen LogP contribution in [0.1, 0.15) is 48.7 Å². The maximum atomic E-state index is 13.4. The lowest BCUT2D eigenvalue weighted by atomic mass is 10.0. The molecule has 2 aromatic carbocycles. The number of rotatable bonds is 8. The van der Waals surface area contributed by atoms with Gasteiger partial charge in [0.25, 0.3) is 5.91 Å². The second kappa shape index (κ2) is 10.2. The van der Waals surface area contributed by atoms with Crippen LogP contribution in [0.2, 0.25) is 0 Å². The molecule has 3 rings (SSSR count). The number of aromatic carboxylic acids is 1. The van der Waals surface area contributed by atoms with Gasteiger partial charge in [0.05, 0.1) is 11.3 Å². The van der Waals surface area contributed by atoms with Gasteiger partial charge < -0.3 is 15.3 Å². The molecule has 0 aliphatic carbocycles. The number of hydrogen-bond donors (Lipinski definition) is 2. The van der Waals surface area contributed by atoms with Crippen molar-refractivity contribution in [3.05, 3.63) is 65.2 Å². The number of nitrogens with zero attached hydrogens (tertiary/aromatic N) is 2. The minimum Gasteiger partial charge on any atom is -0.478 e. The van der Waals surface area contributed by atoms with E-state index < -0.39 is 12.0 Å². The summed E-state index contributed by atoms with van der Waals surface area (Å²) >= 11 is 0. The third-order valence-corrected chi connectivity index (χ3v) is 5.40. The SMILES string of the molecule is CC1=N[C@H](CC(C)C)C(=O)N(CC(=O)NCCc2ccccc2)c2cc(C(=O)O)ccc21. The molecule has 1 heterocycles. The van der Waals surface area contributed by atoms with Crippen molar-refractivity contribution in [3.8, 4) is 0 Å². The van der Waals surface area contributed by atoms with E-state index in [0.717, 1.165) is 5.56 Å². The normalized spacial score (nSPS) is 15.8. The van der Waals surface area contributed by atoms with Crippen molar-refractivity contribution in [2.75, 3.05) is 18.0 Å². The Balaban J connectivity index is 1.84. The highest BCUT2D eigenvalue weighted by atomic mass is 16.4. The molecule has 7 heteroatoms. The van der Waals surface area contributed by atoms with E-state index in [9.17, 15) is 19.5 Å². The maximum Gasteiger partial charge on any atom is 0.335 e. The molecular weight excluding hydrogens is 406 g/mol. The smallest absolute Gasteiger partial charge is 0.335 e. The lowest BCUT2D eigenvalue weighted by Crippen LogP contribution is -2.45. The molecule has 0 unspecified atom stereocenters. The number of fused-ring (bicyclic) bond motifs is 1. The van der Waals surface area contributed by atoms with Gasteiger partial charge in [0.2, 0.25) is 5.91 Å². The zero-order valence-corrected chi connectivity index (χ0v) is 18.7. The highest BCUT2D eigenvalue weighted by molar-refractivity contribution is 6.14. The summed E-state index contributed by atoms with van der Waals surface area (Å²) < 4.78 is 0. The van der Waals surface area contributed by atoms with Crippen molar-refractivity contribution >= 4 is 29.2 Å². The molecule has 0 saturated heterocycles. The van der Waals surface area contributed by atoms with Crippen LogP contribution in [0.3, 0.4) is 0 Å². The largest absolute Gasteiger partial charge is 0.478 e. The number of carboxylic acid groups (broad SMARTS) is 1. The maximum absolute atomic E-state index is 13.4. The fraction of sp³-hybridized carbons (Fsp3) is 0.360. The lowest BCUT2D eigenvalue weighted by molar-refractivity contribution is -0.124. The summed E-state index contributed by atoms with van der Waals surface area (Å²) in [5, 5.41) is 12.3. The van der Waals surface area contributed by atoms with Gasteiger partial charge in [0.15, 0.2) is 0 Å². The predicted molar refractivity (Wildman–Crippen MR) is 124 cm³/mol. The first-order valence-corrected chi connectivity index (χ1v) is 10.8. The van der Waals surface area contributed by atoms with Gasteiger partial charge in [0.1, 0.15) is 12.6 Å². The highest BCUT2D eigenvalue weighted by Crippen LogP contribution is 2.29. The Morgan fingerprint density at radius 1 is 1.16 bits per heavy atom. The molecule has 1 aliphatic heterocycles. The molecule has 2 amide bonds. The van der Waals surface area contributed by atoms with E-state index >= 15 is 0 Å². The van der Waals surface area contributed by atoms with Gasteiger partial charge in [-0.2, -0.15) is 0 Å². The number of carbonyl (C=O) groups is 3. The Hall–Kier alpha value is -3.48. The van der Waals surface area contributed by atoms with Crippen LogP contribution < -0.4 is 10.2 Å². The lowest BCUT2D eigenvalue weighted by Gasteiger charge is -2.25. The first-order valence-electron chi connectivity index (χ1n) is 10.8. The Morgan fingerprint density at radius 2 is 1.88 bits per heavy atom. The van der Waals surface area contributed by atoms with Gasteiger partial charge in [0, 0.05) is 17.8 Å². The van der Waals surface area contributed by atoms with Crippen LogP contribution in [0.4, 0.5) is 5.69 Å². The fourth-order valence-electron chi connectivity index (χ4n) is 3.80. The predicted octanol–water partition coefficient (Wildman–Crippen LogP) is 3.31. The van der Waals surface area contributed by atoms with Crippen LogP contribution in [0.5, 0.6) is 0 Å². The Labute approximate surface area is 188 Å². The van der Waals surface area contributed by atoms with E-state index in [-0.39, 0.29) is 29.8 Å². The number of anilines is 1. The molecule has 1 atom stereocenters. The molecule has 0 radical (unpaired) electrons. The van der Waals surface area contributed by atoms with Crippen molar-refractivity contribution in [2.45, 2.75) is 39.7 Å². The van der Waals surface area contributed by atoms with Crippen molar-refractivity contribution < 1.29 is 19.5 Å². The molecule has 0 saturated carbocycles. The summed E-state index contributed by atoms with van der Waals surface area (Å²) in [7, 11) is 0. The van der Waals surface area contributed by atoms with Crippen molar-refractivity contribution in [1.82, 2.24) is 5.32 Å². The number of benzene rings is 2. The molecule has 1 aliphatic rings. The molecule has 0 fully saturated rings. The summed E-state index contributed by atoms with van der Waals surface area (Å²) in [4.78, 5) is 43.7. The van der Waals surface area contributed by atoms with Crippen LogP contribution >= 0.6 is 0 Å². The number of benzodiazepines with no additional fused rings is 1. The topological polar surface area (TPSA) is 99.1 Å². The summed E-state index contributed by atoms with van der Waals surface area (Å²) in [5.74, 6) is -1.45. The summed E-state index contributed by atoms with van der Waals surface area (Å²) in [6, 6.07) is 13.8. The van der Waals surface area contributed by atoms with Crippen molar-refractivity contribution in [3.63, 3.8) is 0 Å².